The van der Waals surface area contributed by atoms with Crippen molar-refractivity contribution in [3.63, 3.8) is 0 Å². The molecule has 4 rings (SSSR count). The van der Waals surface area contributed by atoms with Crippen LogP contribution in [0.5, 0.6) is 0 Å². The molecule has 1 amide bonds. The minimum Gasteiger partial charge on any atom is -0.372 e. The summed E-state index contributed by atoms with van der Waals surface area (Å²) in [5.41, 5.74) is 2.21. The number of benzene rings is 1. The van der Waals surface area contributed by atoms with E-state index >= 15 is 0 Å². The Morgan fingerprint density at radius 3 is 3.00 bits per heavy atom. The van der Waals surface area contributed by atoms with Crippen LogP contribution in [-0.4, -0.2) is 39.4 Å². The minimum atomic E-state index is -0.0488. The SMILES string of the molecule is CNc1cncc([C@H]2CCCN2C(=O)c2cccc3cccnc23)n1. The third-order valence-corrected chi connectivity index (χ3v) is 4.63. The number of para-hydroxylation sites is 1. The fourth-order valence-electron chi connectivity index (χ4n) is 3.41. The monoisotopic (exact) mass is 333 g/mol. The molecule has 2 aromatic heterocycles. The Balaban J connectivity index is 1.71. The van der Waals surface area contributed by atoms with Crippen LogP contribution in [0.1, 0.15) is 34.9 Å². The van der Waals surface area contributed by atoms with Gasteiger partial charge in [-0.1, -0.05) is 18.2 Å². The first-order valence-corrected chi connectivity index (χ1v) is 8.42. The van der Waals surface area contributed by atoms with Crippen LogP contribution in [0.25, 0.3) is 10.9 Å². The normalized spacial score (nSPS) is 17.0. The molecule has 6 heteroatoms. The van der Waals surface area contributed by atoms with Gasteiger partial charge in [0.05, 0.1) is 35.2 Å². The molecule has 0 bridgehead atoms. The molecule has 1 aliphatic rings. The Kier molecular flexibility index (Phi) is 4.01. The molecule has 126 valence electrons. The number of nitrogens with zero attached hydrogens (tertiary/aromatic N) is 4. The third-order valence-electron chi connectivity index (χ3n) is 4.63. The van der Waals surface area contributed by atoms with Crippen molar-refractivity contribution in [2.75, 3.05) is 18.9 Å². The topological polar surface area (TPSA) is 71.0 Å². The molecule has 0 radical (unpaired) electrons. The van der Waals surface area contributed by atoms with E-state index in [1.54, 1.807) is 18.6 Å². The van der Waals surface area contributed by atoms with Crippen molar-refractivity contribution in [3.05, 3.63) is 60.2 Å². The zero-order valence-electron chi connectivity index (χ0n) is 14.0. The molecule has 25 heavy (non-hydrogen) atoms. The van der Waals surface area contributed by atoms with E-state index in [1.807, 2.05) is 42.3 Å². The van der Waals surface area contributed by atoms with Gasteiger partial charge in [0, 0.05) is 25.2 Å². The first-order valence-electron chi connectivity index (χ1n) is 8.42. The lowest BCUT2D eigenvalue weighted by atomic mass is 10.1. The largest absolute Gasteiger partial charge is 0.372 e. The van der Waals surface area contributed by atoms with Crippen LogP contribution in [0.15, 0.2) is 48.9 Å². The lowest BCUT2D eigenvalue weighted by Gasteiger charge is -2.24. The number of aromatic nitrogens is 3. The van der Waals surface area contributed by atoms with E-state index in [-0.39, 0.29) is 11.9 Å². The summed E-state index contributed by atoms with van der Waals surface area (Å²) < 4.78 is 0. The molecule has 0 unspecified atom stereocenters. The maximum absolute atomic E-state index is 13.2. The molecular weight excluding hydrogens is 314 g/mol. The van der Waals surface area contributed by atoms with Gasteiger partial charge < -0.3 is 10.2 Å². The summed E-state index contributed by atoms with van der Waals surface area (Å²) in [4.78, 5) is 28.4. The molecule has 1 aliphatic heterocycles. The molecule has 1 N–H and O–H groups in total. The highest BCUT2D eigenvalue weighted by atomic mass is 16.2. The molecule has 1 atom stereocenters. The zero-order valence-corrected chi connectivity index (χ0v) is 14.0. The number of hydrogen-bond acceptors (Lipinski definition) is 5. The van der Waals surface area contributed by atoms with Crippen molar-refractivity contribution >= 4 is 22.6 Å². The van der Waals surface area contributed by atoms with Crippen molar-refractivity contribution in [3.8, 4) is 0 Å². The van der Waals surface area contributed by atoms with Gasteiger partial charge in [-0.2, -0.15) is 0 Å². The van der Waals surface area contributed by atoms with Gasteiger partial charge in [0.2, 0.25) is 0 Å². The van der Waals surface area contributed by atoms with Gasteiger partial charge >= 0.3 is 0 Å². The lowest BCUT2D eigenvalue weighted by Crippen LogP contribution is -2.31. The summed E-state index contributed by atoms with van der Waals surface area (Å²) in [7, 11) is 1.81. The van der Waals surface area contributed by atoms with Gasteiger partial charge in [-0.15, -0.1) is 0 Å². The summed E-state index contributed by atoms with van der Waals surface area (Å²) >= 11 is 0. The Hall–Kier alpha value is -3.02. The number of pyridine rings is 1. The van der Waals surface area contributed by atoms with E-state index in [2.05, 4.69) is 20.3 Å². The molecule has 6 nitrogen and oxygen atoms in total. The summed E-state index contributed by atoms with van der Waals surface area (Å²) in [5.74, 6) is 0.715. The smallest absolute Gasteiger partial charge is 0.256 e. The van der Waals surface area contributed by atoms with Crippen molar-refractivity contribution in [1.82, 2.24) is 19.9 Å². The highest BCUT2D eigenvalue weighted by Gasteiger charge is 2.32. The van der Waals surface area contributed by atoms with Crippen LogP contribution in [-0.2, 0) is 0 Å². The number of likely N-dealkylation sites (tertiary alicyclic amines) is 1. The Bertz CT molecular complexity index is 921. The second-order valence-electron chi connectivity index (χ2n) is 6.12. The number of nitrogens with one attached hydrogen (secondary N) is 1. The van der Waals surface area contributed by atoms with Gasteiger partial charge in [0.1, 0.15) is 5.82 Å². The Morgan fingerprint density at radius 1 is 1.24 bits per heavy atom. The summed E-state index contributed by atoms with van der Waals surface area (Å²) in [5, 5.41) is 3.98. The van der Waals surface area contributed by atoms with Crippen molar-refractivity contribution < 1.29 is 4.79 Å². The summed E-state index contributed by atoms with van der Waals surface area (Å²) in [6.07, 6.45) is 7.01. The van der Waals surface area contributed by atoms with Crippen LogP contribution < -0.4 is 5.32 Å². The molecule has 1 fully saturated rings. The standard InChI is InChI=1S/C19H19N5O/c1-20-17-12-21-11-15(23-17)16-8-4-10-24(16)19(25)14-7-2-5-13-6-3-9-22-18(13)14/h2-3,5-7,9,11-12,16H,4,8,10H2,1H3,(H,20,23)/t16-/m1/s1. The van der Waals surface area contributed by atoms with Gasteiger partial charge in [0.25, 0.3) is 5.91 Å². The maximum atomic E-state index is 13.2. The lowest BCUT2D eigenvalue weighted by molar-refractivity contribution is 0.0734. The van der Waals surface area contributed by atoms with Crippen molar-refractivity contribution in [2.24, 2.45) is 0 Å². The van der Waals surface area contributed by atoms with E-state index in [4.69, 9.17) is 0 Å². The average molecular weight is 333 g/mol. The average Bonchev–Trinajstić information content (AvgIpc) is 3.17. The fourth-order valence-corrected chi connectivity index (χ4v) is 3.41. The maximum Gasteiger partial charge on any atom is 0.256 e. The number of rotatable bonds is 3. The number of carbonyl (C=O) groups is 1. The van der Waals surface area contributed by atoms with Crippen LogP contribution >= 0.6 is 0 Å². The Morgan fingerprint density at radius 2 is 2.12 bits per heavy atom. The van der Waals surface area contributed by atoms with Crippen LogP contribution in [0, 0.1) is 0 Å². The summed E-state index contributed by atoms with van der Waals surface area (Å²) in [6.45, 7) is 0.720. The number of hydrogen-bond donors (Lipinski definition) is 1. The molecule has 0 spiro atoms. The minimum absolute atomic E-state index is 0.00320. The van der Waals surface area contributed by atoms with Gasteiger partial charge in [-0.25, -0.2) is 4.98 Å². The van der Waals surface area contributed by atoms with E-state index < -0.39 is 0 Å². The Labute approximate surface area is 145 Å². The van der Waals surface area contributed by atoms with E-state index in [1.165, 1.54) is 0 Å². The number of fused-ring (bicyclic) bond motifs is 1. The molecule has 3 heterocycles. The number of anilines is 1. The van der Waals surface area contributed by atoms with Crippen molar-refractivity contribution in [2.45, 2.75) is 18.9 Å². The predicted molar refractivity (Wildman–Crippen MR) is 96.3 cm³/mol. The molecule has 1 aromatic carbocycles. The van der Waals surface area contributed by atoms with Crippen LogP contribution in [0.3, 0.4) is 0 Å². The molecular formula is C19H19N5O. The predicted octanol–water partition coefficient (Wildman–Crippen LogP) is 3.04. The van der Waals surface area contributed by atoms with E-state index in [0.717, 1.165) is 36.0 Å². The zero-order chi connectivity index (χ0) is 17.2. The number of amides is 1. The van der Waals surface area contributed by atoms with Gasteiger partial charge in [-0.3, -0.25) is 14.8 Å². The summed E-state index contributed by atoms with van der Waals surface area (Å²) in [6, 6.07) is 9.54. The highest BCUT2D eigenvalue weighted by Crippen LogP contribution is 2.33. The quantitative estimate of drug-likeness (QED) is 0.798. The molecule has 1 saturated heterocycles. The third kappa shape index (κ3) is 2.80. The van der Waals surface area contributed by atoms with Gasteiger partial charge in [-0.05, 0) is 25.0 Å². The molecule has 3 aromatic rings. The second-order valence-corrected chi connectivity index (χ2v) is 6.12. The van der Waals surface area contributed by atoms with Crippen molar-refractivity contribution in [1.29, 1.82) is 0 Å². The fraction of sp³-hybridized carbons (Fsp3) is 0.263. The van der Waals surface area contributed by atoms with Gasteiger partial charge in [0.15, 0.2) is 0 Å². The van der Waals surface area contributed by atoms with E-state index in [0.29, 0.717) is 11.4 Å². The number of carbonyl (C=O) groups excluding carboxylic acids is 1. The first-order chi connectivity index (χ1) is 12.3. The van der Waals surface area contributed by atoms with Crippen LogP contribution in [0.4, 0.5) is 5.82 Å². The molecule has 0 saturated carbocycles. The first kappa shape index (κ1) is 15.5. The molecule has 0 aliphatic carbocycles. The second kappa shape index (κ2) is 6.47. The van der Waals surface area contributed by atoms with Crippen LogP contribution in [0.2, 0.25) is 0 Å². The van der Waals surface area contributed by atoms with E-state index in [9.17, 15) is 4.79 Å². The highest BCUT2D eigenvalue weighted by molar-refractivity contribution is 6.05.